The SMILES string of the molecule is F[B-](F)(F)F.F[B-](F)(F)F.F[B-](F)(F)F.I.[NaH]. The van der Waals surface area contributed by atoms with Crippen LogP contribution in [0, 0.1) is 0 Å². The molecule has 0 aliphatic rings. The molecule has 106 valence electrons. The van der Waals surface area contributed by atoms with Crippen LogP contribution in [0.4, 0.5) is 51.8 Å². The summed E-state index contributed by atoms with van der Waals surface area (Å²) in [6.45, 7) is 0. The molecule has 0 N–H and O–H groups in total. The quantitative estimate of drug-likeness (QED) is 0.322. The van der Waals surface area contributed by atoms with E-state index in [-0.39, 0.29) is 53.5 Å². The van der Waals surface area contributed by atoms with Gasteiger partial charge in [0.05, 0.1) is 0 Å². The van der Waals surface area contributed by atoms with Crippen LogP contribution in [0.15, 0.2) is 0 Å². The van der Waals surface area contributed by atoms with Crippen molar-refractivity contribution in [3.8, 4) is 0 Å². The fourth-order valence-electron chi connectivity index (χ4n) is 0. The first-order valence-electron chi connectivity index (χ1n) is 2.62. The minimum atomic E-state index is -6.00. The van der Waals surface area contributed by atoms with E-state index in [0.29, 0.717) is 0 Å². The average molecular weight is 412 g/mol. The summed E-state index contributed by atoms with van der Waals surface area (Å²) in [5.41, 5.74) is 0. The van der Waals surface area contributed by atoms with Crippen LogP contribution in [0.2, 0.25) is 0 Å². The van der Waals surface area contributed by atoms with Crippen molar-refractivity contribution in [1.82, 2.24) is 0 Å². The van der Waals surface area contributed by atoms with E-state index in [0.717, 1.165) is 0 Å². The molecule has 17 heteroatoms. The van der Waals surface area contributed by atoms with Crippen molar-refractivity contribution in [3.05, 3.63) is 0 Å². The number of rotatable bonds is 0. The predicted molar refractivity (Wildman–Crippen MR) is 53.1 cm³/mol. The van der Waals surface area contributed by atoms with Crippen molar-refractivity contribution in [1.29, 1.82) is 0 Å². The maximum atomic E-state index is 9.75. The first-order chi connectivity index (χ1) is 6.00. The molecule has 0 aromatic rings. The number of halogens is 13. The summed E-state index contributed by atoms with van der Waals surface area (Å²) in [6, 6.07) is 0. The molecule has 0 unspecified atom stereocenters. The summed E-state index contributed by atoms with van der Waals surface area (Å²) in [5.74, 6) is 0. The van der Waals surface area contributed by atoms with Gasteiger partial charge in [-0.3, -0.25) is 0 Å². The normalized spacial score (nSPS) is 10.6. The van der Waals surface area contributed by atoms with Crippen molar-refractivity contribution in [2.24, 2.45) is 0 Å². The van der Waals surface area contributed by atoms with Gasteiger partial charge in [-0.1, -0.05) is 0 Å². The zero-order chi connectivity index (χ0) is 13.5. The molecule has 0 aromatic heterocycles. The van der Waals surface area contributed by atoms with E-state index < -0.39 is 21.8 Å². The summed E-state index contributed by atoms with van der Waals surface area (Å²) < 4.78 is 117. The van der Waals surface area contributed by atoms with Crippen LogP contribution in [0.3, 0.4) is 0 Å². The molecule has 0 radical (unpaired) electrons. The van der Waals surface area contributed by atoms with Crippen LogP contribution < -0.4 is 0 Å². The van der Waals surface area contributed by atoms with Crippen molar-refractivity contribution >= 4 is 75.3 Å². The molecule has 0 rings (SSSR count). The second kappa shape index (κ2) is 12.1. The fraction of sp³-hybridized carbons (Fsp3) is 0. The van der Waals surface area contributed by atoms with E-state index in [9.17, 15) is 51.8 Å². The number of hydrogen-bond acceptors (Lipinski definition) is 0. The van der Waals surface area contributed by atoms with Crippen LogP contribution in [0.1, 0.15) is 0 Å². The van der Waals surface area contributed by atoms with E-state index in [1.165, 1.54) is 0 Å². The van der Waals surface area contributed by atoms with E-state index in [1.807, 2.05) is 0 Å². The Morgan fingerprint density at radius 1 is 0.353 bits per heavy atom. The van der Waals surface area contributed by atoms with Crippen LogP contribution in [-0.2, 0) is 0 Å². The van der Waals surface area contributed by atoms with Gasteiger partial charge in [-0.2, -0.15) is 0 Å². The Morgan fingerprint density at radius 3 is 0.353 bits per heavy atom. The molecule has 0 heterocycles. The molecule has 17 heavy (non-hydrogen) atoms. The summed E-state index contributed by atoms with van der Waals surface area (Å²) in [7, 11) is -18.0. The van der Waals surface area contributed by atoms with Crippen molar-refractivity contribution in [2.75, 3.05) is 0 Å². The van der Waals surface area contributed by atoms with Crippen LogP contribution >= 0.6 is 24.0 Å². The molecule has 0 aliphatic carbocycles. The molecule has 0 bridgehead atoms. The Labute approximate surface area is 126 Å². The molecular weight excluding hydrogens is 410 g/mol. The zero-order valence-electron chi connectivity index (χ0n) is 6.68. The van der Waals surface area contributed by atoms with Gasteiger partial charge in [0, 0.05) is 0 Å². The van der Waals surface area contributed by atoms with Crippen molar-refractivity contribution in [2.45, 2.75) is 0 Å². The topological polar surface area (TPSA) is 0 Å². The van der Waals surface area contributed by atoms with Gasteiger partial charge in [-0.25, -0.2) is 0 Å². The van der Waals surface area contributed by atoms with E-state index in [1.54, 1.807) is 0 Å². The molecule has 0 aliphatic heterocycles. The van der Waals surface area contributed by atoms with Gasteiger partial charge >= 0.3 is 51.3 Å². The second-order valence-corrected chi connectivity index (χ2v) is 1.48. The summed E-state index contributed by atoms with van der Waals surface area (Å²) >= 11 is 0. The average Bonchev–Trinajstić information content (AvgIpc) is 1.41. The molecule has 0 amide bonds. The van der Waals surface area contributed by atoms with E-state index in [4.69, 9.17) is 0 Å². The monoisotopic (exact) mass is 413 g/mol. The van der Waals surface area contributed by atoms with E-state index >= 15 is 0 Å². The molecule has 0 saturated heterocycles. The Hall–Kier alpha value is 1.08. The first-order valence-corrected chi connectivity index (χ1v) is 2.62. The zero-order valence-corrected chi connectivity index (χ0v) is 9.01. The standard InChI is InChI=1S/3BF4.HI.Na.H/c3*2-1(3,4)5;;;/h;;;1H;;/q3*-1;;;. The minimum absolute atomic E-state index is 0. The van der Waals surface area contributed by atoms with Gasteiger partial charge in [0.25, 0.3) is 0 Å². The third-order valence-electron chi connectivity index (χ3n) is 0. The fourth-order valence-corrected chi connectivity index (χ4v) is 0. The van der Waals surface area contributed by atoms with Gasteiger partial charge < -0.3 is 51.8 Å². The maximum absolute atomic E-state index is 9.75. The van der Waals surface area contributed by atoms with Gasteiger partial charge in [-0.05, 0) is 0 Å². The van der Waals surface area contributed by atoms with Crippen LogP contribution in [0.5, 0.6) is 0 Å². The molecule has 0 aromatic carbocycles. The Balaban J connectivity index is -0.0000000400. The van der Waals surface area contributed by atoms with E-state index in [2.05, 4.69) is 0 Å². The van der Waals surface area contributed by atoms with Gasteiger partial charge in [0.2, 0.25) is 0 Å². The predicted octanol–water partition coefficient (Wildman–Crippen LogP) is 3.87. The second-order valence-electron chi connectivity index (χ2n) is 1.48. The Bertz CT molecular complexity index is 96.8. The molecule has 0 spiro atoms. The summed E-state index contributed by atoms with van der Waals surface area (Å²) in [4.78, 5) is 0. The molecule has 0 atom stereocenters. The van der Waals surface area contributed by atoms with Crippen LogP contribution in [-0.4, -0.2) is 51.3 Å². The van der Waals surface area contributed by atoms with Gasteiger partial charge in [-0.15, -0.1) is 24.0 Å². The Morgan fingerprint density at radius 2 is 0.353 bits per heavy atom. The van der Waals surface area contributed by atoms with Gasteiger partial charge in [0.1, 0.15) is 0 Å². The number of hydrogen-bond donors (Lipinski definition) is 0. The molecule has 0 saturated carbocycles. The van der Waals surface area contributed by atoms with Crippen LogP contribution in [0.25, 0.3) is 0 Å². The third-order valence-corrected chi connectivity index (χ3v) is 0. The summed E-state index contributed by atoms with van der Waals surface area (Å²) in [5, 5.41) is 0. The van der Waals surface area contributed by atoms with Crippen molar-refractivity contribution < 1.29 is 51.8 Å². The summed E-state index contributed by atoms with van der Waals surface area (Å²) in [6.07, 6.45) is 0. The first kappa shape index (κ1) is 30.8. The Kier molecular flexibility index (Phi) is 22.0. The van der Waals surface area contributed by atoms with Gasteiger partial charge in [0.15, 0.2) is 0 Å². The molecule has 0 fully saturated rings. The third kappa shape index (κ3) is 3300. The molecule has 0 nitrogen and oxygen atoms in total. The van der Waals surface area contributed by atoms with Crippen molar-refractivity contribution in [3.63, 3.8) is 0 Å². The molecular formula is H2B3F12INa-3.